The summed E-state index contributed by atoms with van der Waals surface area (Å²) in [6.07, 6.45) is 0. The third-order valence-electron chi connectivity index (χ3n) is 2.76. The Morgan fingerprint density at radius 3 is 2.61 bits per heavy atom. The van der Waals surface area contributed by atoms with E-state index in [0.29, 0.717) is 12.5 Å². The molecule has 1 amide bonds. The number of nitrogens with one attached hydrogen (secondary N) is 1. The van der Waals surface area contributed by atoms with Gasteiger partial charge in [0.25, 0.3) is 5.56 Å². The second-order valence-electron chi connectivity index (χ2n) is 4.97. The number of nitrogen functional groups attached to an aromatic ring is 1. The van der Waals surface area contributed by atoms with Gasteiger partial charge in [0, 0.05) is 12.2 Å². The van der Waals surface area contributed by atoms with Gasteiger partial charge in [0.2, 0.25) is 5.91 Å². The van der Waals surface area contributed by atoms with E-state index in [0.717, 1.165) is 11.3 Å². The first-order valence-corrected chi connectivity index (χ1v) is 6.06. The van der Waals surface area contributed by atoms with Crippen molar-refractivity contribution in [2.45, 2.75) is 34.2 Å². The van der Waals surface area contributed by atoms with Crippen molar-refractivity contribution in [3.8, 4) is 0 Å². The van der Waals surface area contributed by atoms with Crippen LogP contribution in [0.4, 0.5) is 5.69 Å². The number of rotatable bonds is 4. The molecule has 5 nitrogen and oxygen atoms in total. The molecule has 100 valence electrons. The standard InChI is InChI=1S/C13H21N3O2/c1-8(2)6-15-11(17)7-16-10(4)5-9(3)12(14)13(16)18/h5,8H,6-7,14H2,1-4H3,(H,15,17). The zero-order valence-electron chi connectivity index (χ0n) is 11.4. The maximum Gasteiger partial charge on any atom is 0.274 e. The SMILES string of the molecule is Cc1cc(C)n(CC(=O)NCC(C)C)c(=O)c1N. The number of pyridine rings is 1. The number of aryl methyl sites for hydroxylation is 2. The summed E-state index contributed by atoms with van der Waals surface area (Å²) in [5.74, 6) is 0.215. The molecule has 0 aliphatic heterocycles. The van der Waals surface area contributed by atoms with Gasteiger partial charge < -0.3 is 15.6 Å². The highest BCUT2D eigenvalue weighted by Crippen LogP contribution is 2.07. The van der Waals surface area contributed by atoms with Crippen LogP contribution in [0.2, 0.25) is 0 Å². The van der Waals surface area contributed by atoms with E-state index in [1.54, 1.807) is 13.8 Å². The predicted octanol–water partition coefficient (Wildman–Crippen LogP) is 0.820. The minimum absolute atomic E-state index is 0.0157. The zero-order valence-corrected chi connectivity index (χ0v) is 11.4. The Bertz CT molecular complexity index is 504. The van der Waals surface area contributed by atoms with E-state index in [1.807, 2.05) is 19.9 Å². The van der Waals surface area contributed by atoms with Gasteiger partial charge in [-0.05, 0) is 31.4 Å². The molecule has 0 bridgehead atoms. The van der Waals surface area contributed by atoms with Crippen LogP contribution < -0.4 is 16.6 Å². The van der Waals surface area contributed by atoms with Gasteiger partial charge in [0.1, 0.15) is 12.2 Å². The molecule has 0 radical (unpaired) electrons. The van der Waals surface area contributed by atoms with Gasteiger partial charge in [-0.3, -0.25) is 9.59 Å². The summed E-state index contributed by atoms with van der Waals surface area (Å²) in [4.78, 5) is 23.6. The summed E-state index contributed by atoms with van der Waals surface area (Å²) in [6, 6.07) is 1.81. The van der Waals surface area contributed by atoms with E-state index < -0.39 is 0 Å². The van der Waals surface area contributed by atoms with Crippen LogP contribution >= 0.6 is 0 Å². The van der Waals surface area contributed by atoms with Crippen molar-refractivity contribution in [1.29, 1.82) is 0 Å². The maximum atomic E-state index is 11.9. The molecule has 1 aromatic rings. The van der Waals surface area contributed by atoms with Crippen molar-refractivity contribution in [2.24, 2.45) is 5.92 Å². The first-order chi connectivity index (χ1) is 8.32. The Labute approximate surface area is 107 Å². The van der Waals surface area contributed by atoms with Crippen LogP contribution in [-0.4, -0.2) is 17.0 Å². The Hall–Kier alpha value is -1.78. The molecule has 1 rings (SSSR count). The second-order valence-corrected chi connectivity index (χ2v) is 4.97. The molecular formula is C13H21N3O2. The lowest BCUT2D eigenvalue weighted by Gasteiger charge is -2.13. The molecule has 0 fully saturated rings. The highest BCUT2D eigenvalue weighted by molar-refractivity contribution is 5.75. The van der Waals surface area contributed by atoms with E-state index in [-0.39, 0.29) is 23.7 Å². The summed E-state index contributed by atoms with van der Waals surface area (Å²) < 4.78 is 1.40. The topological polar surface area (TPSA) is 77.1 Å². The first-order valence-electron chi connectivity index (χ1n) is 6.06. The number of amides is 1. The summed E-state index contributed by atoms with van der Waals surface area (Å²) in [7, 11) is 0. The van der Waals surface area contributed by atoms with Crippen LogP contribution in [0.1, 0.15) is 25.1 Å². The van der Waals surface area contributed by atoms with Crippen LogP contribution in [0.5, 0.6) is 0 Å². The Morgan fingerprint density at radius 1 is 1.44 bits per heavy atom. The van der Waals surface area contributed by atoms with Gasteiger partial charge >= 0.3 is 0 Å². The minimum atomic E-state index is -0.299. The van der Waals surface area contributed by atoms with Crippen molar-refractivity contribution < 1.29 is 4.79 Å². The Kier molecular flexibility index (Phi) is 4.53. The lowest BCUT2D eigenvalue weighted by molar-refractivity contribution is -0.121. The first kappa shape index (κ1) is 14.3. The minimum Gasteiger partial charge on any atom is -0.394 e. The largest absolute Gasteiger partial charge is 0.394 e. The molecule has 0 spiro atoms. The number of carbonyl (C=O) groups excluding carboxylic acids is 1. The van der Waals surface area contributed by atoms with E-state index in [1.165, 1.54) is 4.57 Å². The summed E-state index contributed by atoms with van der Waals surface area (Å²) in [5, 5.41) is 2.78. The van der Waals surface area contributed by atoms with Crippen molar-refractivity contribution in [3.63, 3.8) is 0 Å². The summed E-state index contributed by atoms with van der Waals surface area (Å²) >= 11 is 0. The van der Waals surface area contributed by atoms with Gasteiger partial charge in [0.05, 0.1) is 0 Å². The molecule has 0 unspecified atom stereocenters. The molecule has 0 saturated carbocycles. The van der Waals surface area contributed by atoms with Crippen molar-refractivity contribution in [1.82, 2.24) is 9.88 Å². The number of anilines is 1. The second kappa shape index (κ2) is 5.71. The molecule has 1 heterocycles. The van der Waals surface area contributed by atoms with E-state index in [9.17, 15) is 9.59 Å². The fourth-order valence-electron chi connectivity index (χ4n) is 1.66. The summed E-state index contributed by atoms with van der Waals surface area (Å²) in [5.41, 5.74) is 7.08. The molecule has 0 saturated heterocycles. The highest BCUT2D eigenvalue weighted by Gasteiger charge is 2.11. The Balaban J connectivity index is 2.89. The lowest BCUT2D eigenvalue weighted by atomic mass is 10.2. The molecule has 0 aliphatic carbocycles. The number of carbonyl (C=O) groups is 1. The normalized spacial score (nSPS) is 10.7. The smallest absolute Gasteiger partial charge is 0.274 e. The number of nitrogens with zero attached hydrogens (tertiary/aromatic N) is 1. The average Bonchev–Trinajstić information content (AvgIpc) is 2.29. The number of hydrogen-bond acceptors (Lipinski definition) is 3. The number of nitrogens with two attached hydrogens (primary N) is 1. The molecule has 0 aromatic carbocycles. The van der Waals surface area contributed by atoms with Crippen LogP contribution in [0.15, 0.2) is 10.9 Å². The van der Waals surface area contributed by atoms with Gasteiger partial charge in [-0.1, -0.05) is 13.8 Å². The fraction of sp³-hybridized carbons (Fsp3) is 0.538. The molecule has 0 atom stereocenters. The molecule has 1 aromatic heterocycles. The molecule has 18 heavy (non-hydrogen) atoms. The predicted molar refractivity (Wildman–Crippen MR) is 72.4 cm³/mol. The van der Waals surface area contributed by atoms with Gasteiger partial charge in [-0.15, -0.1) is 0 Å². The quantitative estimate of drug-likeness (QED) is 0.831. The van der Waals surface area contributed by atoms with Crippen molar-refractivity contribution in [3.05, 3.63) is 27.7 Å². The number of hydrogen-bond donors (Lipinski definition) is 2. The molecule has 3 N–H and O–H groups in total. The summed E-state index contributed by atoms with van der Waals surface area (Å²) in [6.45, 7) is 8.23. The highest BCUT2D eigenvalue weighted by atomic mass is 16.2. The average molecular weight is 251 g/mol. The van der Waals surface area contributed by atoms with Crippen molar-refractivity contribution in [2.75, 3.05) is 12.3 Å². The van der Waals surface area contributed by atoms with Crippen LogP contribution in [-0.2, 0) is 11.3 Å². The van der Waals surface area contributed by atoms with Crippen LogP contribution in [0.3, 0.4) is 0 Å². The third-order valence-corrected chi connectivity index (χ3v) is 2.76. The monoisotopic (exact) mass is 251 g/mol. The van der Waals surface area contributed by atoms with Gasteiger partial charge in [0.15, 0.2) is 0 Å². The van der Waals surface area contributed by atoms with E-state index in [2.05, 4.69) is 5.32 Å². The molecule has 0 aliphatic rings. The number of aromatic nitrogens is 1. The van der Waals surface area contributed by atoms with Gasteiger partial charge in [-0.2, -0.15) is 0 Å². The zero-order chi connectivity index (χ0) is 13.9. The van der Waals surface area contributed by atoms with Crippen LogP contribution in [0, 0.1) is 19.8 Å². The molecule has 5 heteroatoms. The van der Waals surface area contributed by atoms with E-state index in [4.69, 9.17) is 5.73 Å². The van der Waals surface area contributed by atoms with Gasteiger partial charge in [-0.25, -0.2) is 0 Å². The maximum absolute atomic E-state index is 11.9. The molecular weight excluding hydrogens is 230 g/mol. The fourth-order valence-corrected chi connectivity index (χ4v) is 1.66. The lowest BCUT2D eigenvalue weighted by Crippen LogP contribution is -2.35. The Morgan fingerprint density at radius 2 is 2.06 bits per heavy atom. The van der Waals surface area contributed by atoms with Crippen molar-refractivity contribution >= 4 is 11.6 Å². The van der Waals surface area contributed by atoms with Crippen LogP contribution in [0.25, 0.3) is 0 Å². The van der Waals surface area contributed by atoms with E-state index >= 15 is 0 Å². The third kappa shape index (κ3) is 3.35.